The summed E-state index contributed by atoms with van der Waals surface area (Å²) < 4.78 is 1.41. The van der Waals surface area contributed by atoms with Crippen molar-refractivity contribution in [3.05, 3.63) is 22.5 Å². The van der Waals surface area contributed by atoms with Gasteiger partial charge in [0.25, 0.3) is 0 Å². The van der Waals surface area contributed by atoms with Gasteiger partial charge in [0.2, 0.25) is 0 Å². The van der Waals surface area contributed by atoms with Gasteiger partial charge in [-0.1, -0.05) is 0 Å². The van der Waals surface area contributed by atoms with E-state index in [2.05, 4.69) is 35.7 Å². The third kappa shape index (κ3) is 0.765. The maximum absolute atomic E-state index is 2.54. The van der Waals surface area contributed by atoms with Gasteiger partial charge in [-0.2, -0.15) is 0 Å². The molecule has 0 atom stereocenters. The zero-order valence-corrected chi connectivity index (χ0v) is 4.78. The van der Waals surface area contributed by atoms with E-state index in [1.165, 1.54) is 4.28 Å². The van der Waals surface area contributed by atoms with Gasteiger partial charge in [0.05, 0.1) is 0 Å². The molecule has 0 spiro atoms. The molecule has 6 heavy (non-hydrogen) atoms. The molecular weight excluding hydrogens is 111 g/mol. The topological polar surface area (TPSA) is 0 Å². The number of hydrogen-bond donors (Lipinski definition) is 0. The van der Waals surface area contributed by atoms with Crippen molar-refractivity contribution in [1.82, 2.24) is 0 Å². The van der Waals surface area contributed by atoms with Gasteiger partial charge in [0.1, 0.15) is 0 Å². The van der Waals surface area contributed by atoms with Crippen molar-refractivity contribution in [3.63, 3.8) is 0 Å². The molecular formula is C5H5V. The van der Waals surface area contributed by atoms with Crippen LogP contribution in [0.5, 0.6) is 0 Å². The van der Waals surface area contributed by atoms with Gasteiger partial charge in [0, 0.05) is 0 Å². The molecule has 0 bridgehead atoms. The van der Waals surface area contributed by atoms with E-state index in [-0.39, 0.29) is 0 Å². The van der Waals surface area contributed by atoms with Crippen LogP contribution in [0.2, 0.25) is 0 Å². The van der Waals surface area contributed by atoms with Crippen molar-refractivity contribution in [2.75, 3.05) is 0 Å². The first-order valence-electron chi connectivity index (χ1n) is 1.94. The average Bonchev–Trinajstić information content (AvgIpc) is 1.86. The standard InChI is InChI=1S/C5H5.V/c1-2-4-5-3-1;/h1-3H,4H2;. The summed E-state index contributed by atoms with van der Waals surface area (Å²) in [5.41, 5.74) is 0. The summed E-state index contributed by atoms with van der Waals surface area (Å²) in [5.74, 6) is 0. The Morgan fingerprint density at radius 1 is 1.67 bits per heavy atom. The SMILES string of the molecule is [V][C]1=CC=CC1. The van der Waals surface area contributed by atoms with Gasteiger partial charge in [0.15, 0.2) is 0 Å². The van der Waals surface area contributed by atoms with E-state index in [9.17, 15) is 0 Å². The molecule has 0 saturated carbocycles. The van der Waals surface area contributed by atoms with Crippen molar-refractivity contribution < 1.29 is 17.4 Å². The molecule has 0 saturated heterocycles. The molecule has 0 unspecified atom stereocenters. The van der Waals surface area contributed by atoms with Crippen LogP contribution in [-0.4, -0.2) is 0 Å². The summed E-state index contributed by atoms with van der Waals surface area (Å²) >= 11 is 2.54. The molecule has 0 radical (unpaired) electrons. The molecule has 1 rings (SSSR count). The van der Waals surface area contributed by atoms with Crippen molar-refractivity contribution in [2.45, 2.75) is 6.42 Å². The first-order valence-corrected chi connectivity index (χ1v) is 2.64. The van der Waals surface area contributed by atoms with E-state index in [4.69, 9.17) is 0 Å². The molecule has 0 aromatic heterocycles. The van der Waals surface area contributed by atoms with E-state index < -0.39 is 0 Å². The third-order valence-corrected chi connectivity index (χ3v) is 1.27. The summed E-state index contributed by atoms with van der Waals surface area (Å²) in [6, 6.07) is 0. The van der Waals surface area contributed by atoms with Gasteiger partial charge < -0.3 is 0 Å². The van der Waals surface area contributed by atoms with Crippen LogP contribution in [0.15, 0.2) is 22.5 Å². The Labute approximate surface area is 46.9 Å². The van der Waals surface area contributed by atoms with Crippen molar-refractivity contribution >= 4 is 0 Å². The number of allylic oxidation sites excluding steroid dienone is 4. The molecule has 0 aromatic rings. The molecule has 0 aromatic carbocycles. The first-order chi connectivity index (χ1) is 2.89. The van der Waals surface area contributed by atoms with E-state index in [0.29, 0.717) is 0 Å². The summed E-state index contributed by atoms with van der Waals surface area (Å²) in [4.78, 5) is 0. The maximum atomic E-state index is 2.54. The van der Waals surface area contributed by atoms with Crippen LogP contribution >= 0.6 is 0 Å². The normalized spacial score (nSPS) is 18.3. The van der Waals surface area contributed by atoms with Gasteiger partial charge in [-0.05, 0) is 0 Å². The number of hydrogen-bond acceptors (Lipinski definition) is 0. The van der Waals surface area contributed by atoms with E-state index >= 15 is 0 Å². The molecule has 0 amide bonds. The predicted octanol–water partition coefficient (Wildman–Crippen LogP) is 1.38. The molecule has 0 aliphatic heterocycles. The monoisotopic (exact) mass is 116 g/mol. The zero-order valence-electron chi connectivity index (χ0n) is 3.39. The van der Waals surface area contributed by atoms with E-state index in [1.807, 2.05) is 0 Å². The molecule has 1 aliphatic rings. The van der Waals surface area contributed by atoms with Crippen LogP contribution in [0.3, 0.4) is 0 Å². The fourth-order valence-corrected chi connectivity index (χ4v) is 0.735. The van der Waals surface area contributed by atoms with Crippen molar-refractivity contribution in [1.29, 1.82) is 0 Å². The van der Waals surface area contributed by atoms with Crippen molar-refractivity contribution in [2.24, 2.45) is 0 Å². The van der Waals surface area contributed by atoms with Crippen LogP contribution in [0, 0.1) is 0 Å². The second kappa shape index (κ2) is 1.68. The predicted molar refractivity (Wildman–Crippen MR) is 21.8 cm³/mol. The molecule has 0 nitrogen and oxygen atoms in total. The Morgan fingerprint density at radius 3 is 2.67 bits per heavy atom. The van der Waals surface area contributed by atoms with Gasteiger partial charge >= 0.3 is 46.4 Å². The fourth-order valence-electron chi connectivity index (χ4n) is 0.436. The fraction of sp³-hybridized carbons (Fsp3) is 0.200. The Morgan fingerprint density at radius 2 is 2.50 bits per heavy atom. The van der Waals surface area contributed by atoms with E-state index in [1.54, 1.807) is 0 Å². The average molecular weight is 116 g/mol. The molecule has 1 heteroatoms. The first kappa shape index (κ1) is 4.23. The van der Waals surface area contributed by atoms with Gasteiger partial charge in [-0.3, -0.25) is 0 Å². The van der Waals surface area contributed by atoms with E-state index in [0.717, 1.165) is 6.42 Å². The Bertz CT molecular complexity index is 101. The van der Waals surface area contributed by atoms with Gasteiger partial charge in [-0.25, -0.2) is 0 Å². The quantitative estimate of drug-likeness (QED) is 0.448. The minimum absolute atomic E-state index is 1.14. The summed E-state index contributed by atoms with van der Waals surface area (Å²) in [5, 5.41) is 0. The Balaban J connectivity index is 2.61. The van der Waals surface area contributed by atoms with Crippen molar-refractivity contribution in [3.8, 4) is 0 Å². The Kier molecular flexibility index (Phi) is 1.18. The summed E-state index contributed by atoms with van der Waals surface area (Å²) in [6.07, 6.45) is 7.47. The zero-order chi connectivity index (χ0) is 4.41. The Hall–Kier alpha value is 0.0644. The summed E-state index contributed by atoms with van der Waals surface area (Å²) in [7, 11) is 0. The van der Waals surface area contributed by atoms with Crippen LogP contribution in [0.1, 0.15) is 6.42 Å². The molecule has 0 N–H and O–H groups in total. The second-order valence-electron chi connectivity index (χ2n) is 1.29. The van der Waals surface area contributed by atoms with Crippen LogP contribution in [0.4, 0.5) is 0 Å². The number of rotatable bonds is 0. The van der Waals surface area contributed by atoms with Gasteiger partial charge in [-0.15, -0.1) is 0 Å². The molecule has 30 valence electrons. The third-order valence-electron chi connectivity index (χ3n) is 0.752. The summed E-state index contributed by atoms with van der Waals surface area (Å²) in [6.45, 7) is 0. The van der Waals surface area contributed by atoms with Crippen LogP contribution < -0.4 is 0 Å². The minimum atomic E-state index is 1.14. The van der Waals surface area contributed by atoms with Crippen LogP contribution in [-0.2, 0) is 17.4 Å². The van der Waals surface area contributed by atoms with Crippen LogP contribution in [0.25, 0.3) is 0 Å². The molecule has 1 aliphatic carbocycles. The second-order valence-corrected chi connectivity index (χ2v) is 2.19. The molecule has 0 heterocycles. The molecule has 0 fully saturated rings.